The molecule has 4 nitrogen and oxygen atoms in total. The van der Waals surface area contributed by atoms with Crippen LogP contribution in [-0.2, 0) is 9.59 Å². The van der Waals surface area contributed by atoms with Crippen molar-refractivity contribution in [3.8, 4) is 0 Å². The van der Waals surface area contributed by atoms with Gasteiger partial charge in [-0.3, -0.25) is 9.59 Å². The quantitative estimate of drug-likeness (QED) is 0.850. The second-order valence-electron chi connectivity index (χ2n) is 4.79. The van der Waals surface area contributed by atoms with Crippen molar-refractivity contribution >= 4 is 17.5 Å². The Morgan fingerprint density at radius 1 is 1.25 bits per heavy atom. The van der Waals surface area contributed by atoms with Crippen LogP contribution in [0.3, 0.4) is 0 Å². The fourth-order valence-corrected chi connectivity index (χ4v) is 2.27. The number of anilines is 1. The molecular weight excluding hydrogens is 266 g/mol. The van der Waals surface area contributed by atoms with Gasteiger partial charge in [-0.1, -0.05) is 0 Å². The Morgan fingerprint density at radius 2 is 1.90 bits per heavy atom. The Balaban J connectivity index is 2.18. The molecule has 108 valence electrons. The lowest BCUT2D eigenvalue weighted by atomic mass is 10.2. The second kappa shape index (κ2) is 5.98. The Bertz CT molecular complexity index is 528. The van der Waals surface area contributed by atoms with Gasteiger partial charge < -0.3 is 9.80 Å². The van der Waals surface area contributed by atoms with E-state index in [9.17, 15) is 18.4 Å². The van der Waals surface area contributed by atoms with Gasteiger partial charge in [-0.2, -0.15) is 0 Å². The Morgan fingerprint density at radius 3 is 2.45 bits per heavy atom. The lowest BCUT2D eigenvalue weighted by Crippen LogP contribution is -2.41. The van der Waals surface area contributed by atoms with Gasteiger partial charge in [0.05, 0.1) is 5.69 Å². The zero-order valence-corrected chi connectivity index (χ0v) is 11.2. The number of carbonyl (C=O) groups excluding carboxylic acids is 2. The molecule has 2 amide bonds. The minimum Gasteiger partial charge on any atom is -0.341 e. The molecule has 0 bridgehead atoms. The molecule has 0 spiro atoms. The van der Waals surface area contributed by atoms with E-state index in [2.05, 4.69) is 0 Å². The molecule has 1 aliphatic heterocycles. The smallest absolute Gasteiger partial charge is 0.242 e. The van der Waals surface area contributed by atoms with Gasteiger partial charge in [0.1, 0.15) is 18.2 Å². The lowest BCUT2D eigenvalue weighted by molar-refractivity contribution is -0.130. The molecule has 2 rings (SSSR count). The molecule has 20 heavy (non-hydrogen) atoms. The normalized spacial score (nSPS) is 14.4. The summed E-state index contributed by atoms with van der Waals surface area (Å²) in [6.07, 6.45) is 1.88. The molecule has 0 aliphatic carbocycles. The number of rotatable bonds is 3. The average molecular weight is 282 g/mol. The predicted octanol–water partition coefficient (Wildman–Crippen LogP) is 1.94. The van der Waals surface area contributed by atoms with E-state index in [0.29, 0.717) is 19.2 Å². The van der Waals surface area contributed by atoms with Crippen molar-refractivity contribution in [2.45, 2.75) is 19.8 Å². The standard InChI is InChI=1S/C14H16F2N2O2/c1-10(19)18(9-14(20)17-6-2-3-7-17)13-5-4-11(15)8-12(13)16/h4-5,8H,2-3,6-7,9H2,1H3. The SMILES string of the molecule is CC(=O)N(CC(=O)N1CCCC1)c1ccc(F)cc1F. The molecule has 0 atom stereocenters. The summed E-state index contributed by atoms with van der Waals surface area (Å²) in [5.74, 6) is -2.25. The third-order valence-electron chi connectivity index (χ3n) is 3.33. The molecule has 1 fully saturated rings. The zero-order valence-electron chi connectivity index (χ0n) is 11.2. The second-order valence-corrected chi connectivity index (χ2v) is 4.79. The minimum absolute atomic E-state index is 0.0774. The van der Waals surface area contributed by atoms with E-state index < -0.39 is 17.5 Å². The highest BCUT2D eigenvalue weighted by Crippen LogP contribution is 2.21. The van der Waals surface area contributed by atoms with Crippen molar-refractivity contribution in [3.05, 3.63) is 29.8 Å². The van der Waals surface area contributed by atoms with Crippen LogP contribution in [0.25, 0.3) is 0 Å². The van der Waals surface area contributed by atoms with Crippen molar-refractivity contribution in [2.24, 2.45) is 0 Å². The molecule has 0 radical (unpaired) electrons. The summed E-state index contributed by atoms with van der Waals surface area (Å²) in [7, 11) is 0. The van der Waals surface area contributed by atoms with Gasteiger partial charge in [-0.05, 0) is 25.0 Å². The van der Waals surface area contributed by atoms with Crippen LogP contribution in [0.4, 0.5) is 14.5 Å². The van der Waals surface area contributed by atoms with Crippen LogP contribution >= 0.6 is 0 Å². The molecular formula is C14H16F2N2O2. The van der Waals surface area contributed by atoms with Crippen molar-refractivity contribution in [1.29, 1.82) is 0 Å². The first-order valence-electron chi connectivity index (χ1n) is 6.50. The molecule has 1 aliphatic rings. The fraction of sp³-hybridized carbons (Fsp3) is 0.429. The molecule has 1 aromatic carbocycles. The first-order chi connectivity index (χ1) is 9.49. The van der Waals surface area contributed by atoms with E-state index in [1.54, 1.807) is 4.90 Å². The van der Waals surface area contributed by atoms with Crippen LogP contribution in [0.15, 0.2) is 18.2 Å². The van der Waals surface area contributed by atoms with Crippen LogP contribution in [0.2, 0.25) is 0 Å². The number of halogens is 2. The number of nitrogens with zero attached hydrogens (tertiary/aromatic N) is 2. The number of hydrogen-bond donors (Lipinski definition) is 0. The Hall–Kier alpha value is -1.98. The van der Waals surface area contributed by atoms with E-state index in [4.69, 9.17) is 0 Å². The largest absolute Gasteiger partial charge is 0.341 e. The predicted molar refractivity (Wildman–Crippen MR) is 70.2 cm³/mol. The van der Waals surface area contributed by atoms with Crippen LogP contribution in [-0.4, -0.2) is 36.3 Å². The topological polar surface area (TPSA) is 40.6 Å². The number of hydrogen-bond acceptors (Lipinski definition) is 2. The molecule has 0 aromatic heterocycles. The van der Waals surface area contributed by atoms with E-state index in [1.807, 2.05) is 0 Å². The van der Waals surface area contributed by atoms with Gasteiger partial charge in [0.25, 0.3) is 0 Å². The minimum atomic E-state index is -0.852. The number of likely N-dealkylation sites (tertiary alicyclic amines) is 1. The summed E-state index contributed by atoms with van der Waals surface area (Å²) < 4.78 is 26.6. The van der Waals surface area contributed by atoms with E-state index in [0.717, 1.165) is 23.8 Å². The summed E-state index contributed by atoms with van der Waals surface area (Å²) in [4.78, 5) is 26.4. The Labute approximate surface area is 116 Å². The third kappa shape index (κ3) is 3.12. The van der Waals surface area contributed by atoms with Crippen molar-refractivity contribution < 1.29 is 18.4 Å². The summed E-state index contributed by atoms with van der Waals surface area (Å²) in [5.41, 5.74) is -0.0774. The van der Waals surface area contributed by atoms with Crippen LogP contribution < -0.4 is 4.90 Å². The first kappa shape index (κ1) is 14.4. The van der Waals surface area contributed by atoms with Gasteiger partial charge in [0, 0.05) is 26.1 Å². The summed E-state index contributed by atoms with van der Waals surface area (Å²) in [6.45, 7) is 2.35. The number of carbonyl (C=O) groups is 2. The summed E-state index contributed by atoms with van der Waals surface area (Å²) in [5, 5.41) is 0. The first-order valence-corrected chi connectivity index (χ1v) is 6.50. The number of amides is 2. The van der Waals surface area contributed by atoms with Crippen molar-refractivity contribution in [2.75, 3.05) is 24.5 Å². The molecule has 1 saturated heterocycles. The van der Waals surface area contributed by atoms with E-state index in [-0.39, 0.29) is 18.1 Å². The van der Waals surface area contributed by atoms with Crippen LogP contribution in [0.1, 0.15) is 19.8 Å². The molecule has 1 heterocycles. The summed E-state index contributed by atoms with van der Waals surface area (Å²) in [6, 6.07) is 2.93. The highest BCUT2D eigenvalue weighted by atomic mass is 19.1. The molecule has 1 aromatic rings. The maximum Gasteiger partial charge on any atom is 0.242 e. The maximum absolute atomic E-state index is 13.7. The van der Waals surface area contributed by atoms with Gasteiger partial charge in [-0.15, -0.1) is 0 Å². The van der Waals surface area contributed by atoms with Crippen molar-refractivity contribution in [3.63, 3.8) is 0 Å². The monoisotopic (exact) mass is 282 g/mol. The van der Waals surface area contributed by atoms with Crippen molar-refractivity contribution in [1.82, 2.24) is 4.90 Å². The van der Waals surface area contributed by atoms with E-state index >= 15 is 0 Å². The lowest BCUT2D eigenvalue weighted by Gasteiger charge is -2.24. The Kier molecular flexibility index (Phi) is 4.32. The molecule has 0 N–H and O–H groups in total. The molecule has 6 heteroatoms. The highest BCUT2D eigenvalue weighted by molar-refractivity contribution is 5.97. The van der Waals surface area contributed by atoms with Gasteiger partial charge >= 0.3 is 0 Å². The average Bonchev–Trinajstić information content (AvgIpc) is 2.90. The molecule has 0 saturated carbocycles. The van der Waals surface area contributed by atoms with Crippen LogP contribution in [0, 0.1) is 11.6 Å². The van der Waals surface area contributed by atoms with E-state index in [1.165, 1.54) is 13.0 Å². The number of benzene rings is 1. The van der Waals surface area contributed by atoms with Crippen LogP contribution in [0.5, 0.6) is 0 Å². The van der Waals surface area contributed by atoms with Gasteiger partial charge in [0.15, 0.2) is 0 Å². The summed E-state index contributed by atoms with van der Waals surface area (Å²) >= 11 is 0. The van der Waals surface area contributed by atoms with Gasteiger partial charge in [-0.25, -0.2) is 8.78 Å². The van der Waals surface area contributed by atoms with Gasteiger partial charge in [0.2, 0.25) is 11.8 Å². The maximum atomic E-state index is 13.7. The highest BCUT2D eigenvalue weighted by Gasteiger charge is 2.24. The zero-order chi connectivity index (χ0) is 14.7. The molecule has 0 unspecified atom stereocenters. The fourth-order valence-electron chi connectivity index (χ4n) is 2.27. The third-order valence-corrected chi connectivity index (χ3v) is 3.33.